The minimum absolute atomic E-state index is 0.0575. The number of allylic oxidation sites excluding steroid dienone is 8. The Morgan fingerprint density at radius 2 is 0.895 bits per heavy atom. The molecule has 0 aliphatic carbocycles. The van der Waals surface area contributed by atoms with Crippen molar-refractivity contribution in [2.45, 2.75) is 257 Å². The molecule has 1 amide bonds. The van der Waals surface area contributed by atoms with Crippen LogP contribution in [0.2, 0.25) is 0 Å². The van der Waals surface area contributed by atoms with Crippen molar-refractivity contribution in [1.82, 2.24) is 5.32 Å². The molecule has 0 heterocycles. The maximum Gasteiger partial charge on any atom is 0.306 e. The SMILES string of the molecule is CCCCC/C=C\C/C=C\C/C=C\CCCCCCC(=O)OC(CCCCC/C=C\CCCCC)CC(=O)NC(CO)C(O)CCCCCCCCCCCCC. The van der Waals surface area contributed by atoms with Crippen molar-refractivity contribution in [3.05, 3.63) is 48.6 Å². The maximum atomic E-state index is 13.1. The van der Waals surface area contributed by atoms with Crippen LogP contribution in [0.25, 0.3) is 0 Å². The number of aliphatic hydroxyl groups excluding tert-OH is 2. The smallest absolute Gasteiger partial charge is 0.306 e. The van der Waals surface area contributed by atoms with Gasteiger partial charge in [0.05, 0.1) is 25.2 Å². The van der Waals surface area contributed by atoms with Crippen molar-refractivity contribution in [2.24, 2.45) is 0 Å². The van der Waals surface area contributed by atoms with Crippen molar-refractivity contribution in [2.75, 3.05) is 6.61 Å². The number of ether oxygens (including phenoxy) is 1. The summed E-state index contributed by atoms with van der Waals surface area (Å²) in [5, 5.41) is 23.6. The van der Waals surface area contributed by atoms with Gasteiger partial charge in [0, 0.05) is 6.42 Å². The third-order valence-electron chi connectivity index (χ3n) is 10.9. The number of hydrogen-bond acceptors (Lipinski definition) is 5. The molecular formula is C51H93NO5. The van der Waals surface area contributed by atoms with Gasteiger partial charge in [0.25, 0.3) is 0 Å². The lowest BCUT2D eigenvalue weighted by Gasteiger charge is -2.24. The lowest BCUT2D eigenvalue weighted by atomic mass is 10.0. The molecule has 6 nitrogen and oxygen atoms in total. The number of amides is 1. The Hall–Kier alpha value is -2.18. The zero-order valence-corrected chi connectivity index (χ0v) is 37.7. The predicted molar refractivity (Wildman–Crippen MR) is 245 cm³/mol. The Bertz CT molecular complexity index is 988. The highest BCUT2D eigenvalue weighted by Crippen LogP contribution is 2.17. The molecule has 0 aromatic rings. The van der Waals surface area contributed by atoms with Crippen LogP contribution in [0.3, 0.4) is 0 Å². The minimum Gasteiger partial charge on any atom is -0.462 e. The number of unbranched alkanes of at least 4 members (excludes halogenated alkanes) is 23. The standard InChI is InChI=1S/C51H93NO5/c1-4-7-10-13-16-19-22-23-24-25-26-27-29-32-35-38-41-44-51(56)57-47(42-39-36-33-30-21-18-15-12-9-6-3)45-50(55)52-48(46-53)49(54)43-40-37-34-31-28-20-17-14-11-8-5-2/h16,18-19,21,23-24,26-27,47-49,53-54H,4-15,17,20,22,25,28-46H2,1-3H3,(H,52,55)/b19-16-,21-18-,24-23-,27-26-. The van der Waals surface area contributed by atoms with Gasteiger partial charge in [-0.2, -0.15) is 0 Å². The lowest BCUT2D eigenvalue weighted by molar-refractivity contribution is -0.151. The summed E-state index contributed by atoms with van der Waals surface area (Å²) in [7, 11) is 0. The normalized spacial score (nSPS) is 13.7. The predicted octanol–water partition coefficient (Wildman–Crippen LogP) is 14.3. The summed E-state index contributed by atoms with van der Waals surface area (Å²) >= 11 is 0. The van der Waals surface area contributed by atoms with Crippen molar-refractivity contribution >= 4 is 11.9 Å². The Balaban J connectivity index is 4.58. The number of rotatable bonds is 43. The average Bonchev–Trinajstić information content (AvgIpc) is 3.20. The van der Waals surface area contributed by atoms with E-state index in [0.717, 1.165) is 96.3 Å². The van der Waals surface area contributed by atoms with E-state index < -0.39 is 18.2 Å². The Morgan fingerprint density at radius 3 is 1.42 bits per heavy atom. The van der Waals surface area contributed by atoms with Crippen LogP contribution in [0.1, 0.15) is 239 Å². The Morgan fingerprint density at radius 1 is 0.509 bits per heavy atom. The van der Waals surface area contributed by atoms with Crippen LogP contribution in [0, 0.1) is 0 Å². The molecular weight excluding hydrogens is 707 g/mol. The van der Waals surface area contributed by atoms with Crippen LogP contribution in [0.4, 0.5) is 0 Å². The summed E-state index contributed by atoms with van der Waals surface area (Å²) in [6, 6.07) is -0.709. The molecule has 3 unspecified atom stereocenters. The summed E-state index contributed by atoms with van der Waals surface area (Å²) < 4.78 is 5.89. The van der Waals surface area contributed by atoms with Gasteiger partial charge in [-0.05, 0) is 89.9 Å². The van der Waals surface area contributed by atoms with Crippen LogP contribution >= 0.6 is 0 Å². The van der Waals surface area contributed by atoms with Crippen LogP contribution in [-0.2, 0) is 14.3 Å². The van der Waals surface area contributed by atoms with E-state index in [2.05, 4.69) is 74.7 Å². The second-order valence-corrected chi connectivity index (χ2v) is 16.5. The van der Waals surface area contributed by atoms with E-state index in [1.807, 2.05) is 0 Å². The van der Waals surface area contributed by atoms with E-state index in [1.54, 1.807) is 0 Å². The number of carbonyl (C=O) groups excluding carboxylic acids is 2. The van der Waals surface area contributed by atoms with Crippen molar-refractivity contribution in [1.29, 1.82) is 0 Å². The molecule has 0 saturated heterocycles. The molecule has 332 valence electrons. The third kappa shape index (κ3) is 40.4. The van der Waals surface area contributed by atoms with Gasteiger partial charge in [0.15, 0.2) is 0 Å². The quantitative estimate of drug-likeness (QED) is 0.0324. The van der Waals surface area contributed by atoms with E-state index in [1.165, 1.54) is 96.3 Å². The third-order valence-corrected chi connectivity index (χ3v) is 10.9. The zero-order valence-electron chi connectivity index (χ0n) is 37.7. The molecule has 0 aliphatic heterocycles. The molecule has 57 heavy (non-hydrogen) atoms. The molecule has 0 aliphatic rings. The molecule has 3 atom stereocenters. The first-order valence-corrected chi connectivity index (χ1v) is 24.4. The summed E-state index contributed by atoms with van der Waals surface area (Å²) in [5.74, 6) is -0.515. The fourth-order valence-corrected chi connectivity index (χ4v) is 7.14. The molecule has 3 N–H and O–H groups in total. The first-order valence-electron chi connectivity index (χ1n) is 24.4. The highest BCUT2D eigenvalue weighted by Gasteiger charge is 2.24. The first-order chi connectivity index (χ1) is 28.0. The van der Waals surface area contributed by atoms with Crippen molar-refractivity contribution < 1.29 is 24.5 Å². The molecule has 0 radical (unpaired) electrons. The molecule has 0 bridgehead atoms. The monoisotopic (exact) mass is 800 g/mol. The van der Waals surface area contributed by atoms with Gasteiger partial charge in [-0.3, -0.25) is 9.59 Å². The van der Waals surface area contributed by atoms with E-state index in [0.29, 0.717) is 19.3 Å². The summed E-state index contributed by atoms with van der Waals surface area (Å²) in [4.78, 5) is 26.0. The molecule has 0 fully saturated rings. The number of carbonyl (C=O) groups is 2. The molecule has 0 saturated carbocycles. The van der Waals surface area contributed by atoms with E-state index in [9.17, 15) is 19.8 Å². The summed E-state index contributed by atoms with van der Waals surface area (Å²) in [5.41, 5.74) is 0. The number of nitrogens with one attached hydrogen (secondary N) is 1. The maximum absolute atomic E-state index is 13.1. The fraction of sp³-hybridized carbons (Fsp3) is 0.804. The van der Waals surface area contributed by atoms with Gasteiger partial charge >= 0.3 is 5.97 Å². The van der Waals surface area contributed by atoms with Crippen molar-refractivity contribution in [3.63, 3.8) is 0 Å². The van der Waals surface area contributed by atoms with Crippen LogP contribution in [0.15, 0.2) is 48.6 Å². The molecule has 0 rings (SSSR count). The lowest BCUT2D eigenvalue weighted by Crippen LogP contribution is -2.46. The molecule has 6 heteroatoms. The largest absolute Gasteiger partial charge is 0.462 e. The molecule has 0 aromatic heterocycles. The van der Waals surface area contributed by atoms with Gasteiger partial charge in [-0.15, -0.1) is 0 Å². The second kappa shape index (κ2) is 44.9. The number of aliphatic hydroxyl groups is 2. The Labute approximate surface area is 353 Å². The Kier molecular flexibility index (Phi) is 43.2. The average molecular weight is 800 g/mol. The van der Waals surface area contributed by atoms with Crippen LogP contribution in [-0.4, -0.2) is 46.9 Å². The van der Waals surface area contributed by atoms with E-state index in [-0.39, 0.29) is 24.9 Å². The second-order valence-electron chi connectivity index (χ2n) is 16.5. The van der Waals surface area contributed by atoms with Gasteiger partial charge in [-0.1, -0.05) is 185 Å². The molecule has 0 aromatic carbocycles. The molecule has 0 spiro atoms. The fourth-order valence-electron chi connectivity index (χ4n) is 7.14. The van der Waals surface area contributed by atoms with Gasteiger partial charge in [0.2, 0.25) is 5.91 Å². The highest BCUT2D eigenvalue weighted by atomic mass is 16.5. The summed E-state index contributed by atoms with van der Waals surface area (Å²) in [6.45, 7) is 6.40. The van der Waals surface area contributed by atoms with E-state index in [4.69, 9.17) is 4.74 Å². The van der Waals surface area contributed by atoms with Crippen molar-refractivity contribution in [3.8, 4) is 0 Å². The van der Waals surface area contributed by atoms with Gasteiger partial charge in [-0.25, -0.2) is 0 Å². The zero-order chi connectivity index (χ0) is 41.7. The van der Waals surface area contributed by atoms with Gasteiger partial charge in [0.1, 0.15) is 6.10 Å². The van der Waals surface area contributed by atoms with Crippen LogP contribution in [0.5, 0.6) is 0 Å². The summed E-state index contributed by atoms with van der Waals surface area (Å²) in [6.07, 6.45) is 53.1. The van der Waals surface area contributed by atoms with Gasteiger partial charge < -0.3 is 20.3 Å². The minimum atomic E-state index is -0.793. The number of esters is 1. The van der Waals surface area contributed by atoms with Crippen LogP contribution < -0.4 is 5.32 Å². The topological polar surface area (TPSA) is 95.9 Å². The first kappa shape index (κ1) is 54.8. The van der Waals surface area contributed by atoms with E-state index >= 15 is 0 Å². The number of hydrogen-bond donors (Lipinski definition) is 3. The highest BCUT2D eigenvalue weighted by molar-refractivity contribution is 5.77.